The third kappa shape index (κ3) is 3.72. The number of hydrogen-bond donors (Lipinski definition) is 1. The first kappa shape index (κ1) is 16.4. The minimum Gasteiger partial charge on any atom is -0.351 e. The standard InChI is InChI=1S/C15H16F3N5O/c16-15(17,18)12-7-9-19-14(22-12)21-10-3-5-11(6-4-10)23-13(24)2-1-8-20-23/h1-2,7-11H,3-6H2,(H,19,21,22). The highest BCUT2D eigenvalue weighted by molar-refractivity contribution is 5.27. The van der Waals surface area contributed by atoms with Gasteiger partial charge in [-0.25, -0.2) is 14.6 Å². The fourth-order valence-electron chi connectivity index (χ4n) is 2.88. The van der Waals surface area contributed by atoms with Crippen molar-refractivity contribution in [2.75, 3.05) is 5.32 Å². The molecule has 0 bridgehead atoms. The summed E-state index contributed by atoms with van der Waals surface area (Å²) < 4.78 is 39.5. The van der Waals surface area contributed by atoms with Crippen LogP contribution in [0.5, 0.6) is 0 Å². The van der Waals surface area contributed by atoms with Crippen LogP contribution in [-0.2, 0) is 6.18 Å². The average Bonchev–Trinajstić information content (AvgIpc) is 2.56. The first-order valence-corrected chi connectivity index (χ1v) is 7.64. The van der Waals surface area contributed by atoms with Gasteiger partial charge in [-0.15, -0.1) is 0 Å². The Bertz CT molecular complexity index is 753. The zero-order valence-corrected chi connectivity index (χ0v) is 12.7. The number of rotatable bonds is 3. The van der Waals surface area contributed by atoms with Crippen molar-refractivity contribution < 1.29 is 13.2 Å². The van der Waals surface area contributed by atoms with E-state index in [0.717, 1.165) is 12.3 Å². The van der Waals surface area contributed by atoms with Gasteiger partial charge >= 0.3 is 6.18 Å². The van der Waals surface area contributed by atoms with Crippen molar-refractivity contribution in [3.8, 4) is 0 Å². The Balaban J connectivity index is 1.62. The summed E-state index contributed by atoms with van der Waals surface area (Å²) in [6.45, 7) is 0. The molecule has 0 spiro atoms. The second-order valence-electron chi connectivity index (χ2n) is 5.72. The van der Waals surface area contributed by atoms with Crippen LogP contribution in [0.4, 0.5) is 19.1 Å². The molecular formula is C15H16F3N5O. The van der Waals surface area contributed by atoms with E-state index in [1.807, 2.05) is 0 Å². The summed E-state index contributed by atoms with van der Waals surface area (Å²) in [5.74, 6) is -0.0247. The molecule has 0 atom stereocenters. The van der Waals surface area contributed by atoms with Crippen LogP contribution in [0, 0.1) is 0 Å². The van der Waals surface area contributed by atoms with Crippen LogP contribution in [0.15, 0.2) is 35.4 Å². The van der Waals surface area contributed by atoms with E-state index in [4.69, 9.17) is 0 Å². The van der Waals surface area contributed by atoms with Crippen LogP contribution >= 0.6 is 0 Å². The van der Waals surface area contributed by atoms with Gasteiger partial charge < -0.3 is 5.32 Å². The van der Waals surface area contributed by atoms with Gasteiger partial charge in [-0.1, -0.05) is 0 Å². The number of hydrogen-bond acceptors (Lipinski definition) is 5. The molecule has 0 saturated heterocycles. The second kappa shape index (κ2) is 6.58. The number of nitrogens with zero attached hydrogens (tertiary/aromatic N) is 4. The Morgan fingerprint density at radius 3 is 2.54 bits per heavy atom. The highest BCUT2D eigenvalue weighted by atomic mass is 19.4. The van der Waals surface area contributed by atoms with Gasteiger partial charge in [0.2, 0.25) is 5.95 Å². The van der Waals surface area contributed by atoms with Crippen molar-refractivity contribution in [3.63, 3.8) is 0 Å². The topological polar surface area (TPSA) is 72.7 Å². The summed E-state index contributed by atoms with van der Waals surface area (Å²) in [7, 11) is 0. The van der Waals surface area contributed by atoms with Crippen molar-refractivity contribution in [2.45, 2.75) is 43.9 Å². The van der Waals surface area contributed by atoms with Crippen LogP contribution in [0.3, 0.4) is 0 Å². The highest BCUT2D eigenvalue weighted by Gasteiger charge is 2.33. The van der Waals surface area contributed by atoms with Gasteiger partial charge in [0.15, 0.2) is 0 Å². The predicted octanol–water partition coefficient (Wildman–Crippen LogP) is 2.65. The molecule has 1 aliphatic carbocycles. The molecule has 3 rings (SSSR count). The molecule has 1 N–H and O–H groups in total. The average molecular weight is 339 g/mol. The smallest absolute Gasteiger partial charge is 0.351 e. The van der Waals surface area contributed by atoms with Crippen molar-refractivity contribution in [3.05, 3.63) is 46.6 Å². The molecule has 9 heteroatoms. The number of nitrogens with one attached hydrogen (secondary N) is 1. The second-order valence-corrected chi connectivity index (χ2v) is 5.72. The van der Waals surface area contributed by atoms with Crippen LogP contribution < -0.4 is 10.9 Å². The summed E-state index contributed by atoms with van der Waals surface area (Å²) in [4.78, 5) is 19.1. The first-order chi connectivity index (χ1) is 11.4. The lowest BCUT2D eigenvalue weighted by Gasteiger charge is -2.29. The summed E-state index contributed by atoms with van der Waals surface area (Å²) in [5, 5.41) is 7.03. The van der Waals surface area contributed by atoms with Gasteiger partial charge in [-0.2, -0.15) is 18.3 Å². The third-order valence-electron chi connectivity index (χ3n) is 4.06. The molecule has 128 valence electrons. The molecule has 0 amide bonds. The Labute approximate surface area is 135 Å². The molecule has 6 nitrogen and oxygen atoms in total. The summed E-state index contributed by atoms with van der Waals surface area (Å²) in [5.41, 5.74) is -1.11. The summed E-state index contributed by atoms with van der Waals surface area (Å²) in [6.07, 6.45) is 1.01. The Morgan fingerprint density at radius 1 is 1.12 bits per heavy atom. The maximum absolute atomic E-state index is 12.7. The molecule has 2 aromatic rings. The fourth-order valence-corrected chi connectivity index (χ4v) is 2.88. The predicted molar refractivity (Wildman–Crippen MR) is 80.4 cm³/mol. The number of halogens is 3. The van der Waals surface area contributed by atoms with Gasteiger partial charge in [0.25, 0.3) is 5.56 Å². The largest absolute Gasteiger partial charge is 0.433 e. The lowest BCUT2D eigenvalue weighted by Crippen LogP contribution is -2.33. The van der Waals surface area contributed by atoms with E-state index < -0.39 is 11.9 Å². The number of aromatic nitrogens is 4. The van der Waals surface area contributed by atoms with E-state index >= 15 is 0 Å². The van der Waals surface area contributed by atoms with Crippen molar-refractivity contribution in [1.29, 1.82) is 0 Å². The van der Waals surface area contributed by atoms with E-state index in [0.29, 0.717) is 25.7 Å². The molecule has 2 heterocycles. The lowest BCUT2D eigenvalue weighted by atomic mass is 9.91. The lowest BCUT2D eigenvalue weighted by molar-refractivity contribution is -0.141. The van der Waals surface area contributed by atoms with Crippen molar-refractivity contribution in [1.82, 2.24) is 19.7 Å². The Morgan fingerprint density at radius 2 is 1.88 bits per heavy atom. The fraction of sp³-hybridized carbons (Fsp3) is 0.467. The molecular weight excluding hydrogens is 323 g/mol. The van der Waals surface area contributed by atoms with E-state index in [1.165, 1.54) is 10.7 Å². The molecule has 24 heavy (non-hydrogen) atoms. The van der Waals surface area contributed by atoms with Crippen molar-refractivity contribution in [2.24, 2.45) is 0 Å². The van der Waals surface area contributed by atoms with Crippen LogP contribution in [-0.4, -0.2) is 25.8 Å². The maximum Gasteiger partial charge on any atom is 0.433 e. The van der Waals surface area contributed by atoms with E-state index in [1.54, 1.807) is 12.3 Å². The summed E-state index contributed by atoms with van der Waals surface area (Å²) >= 11 is 0. The van der Waals surface area contributed by atoms with Crippen LogP contribution in [0.25, 0.3) is 0 Å². The molecule has 1 aliphatic rings. The zero-order chi connectivity index (χ0) is 17.2. The Kier molecular flexibility index (Phi) is 4.50. The molecule has 0 aliphatic heterocycles. The number of anilines is 1. The molecule has 0 unspecified atom stereocenters. The molecule has 2 aromatic heterocycles. The van der Waals surface area contributed by atoms with Crippen LogP contribution in [0.2, 0.25) is 0 Å². The monoisotopic (exact) mass is 339 g/mol. The van der Waals surface area contributed by atoms with E-state index in [2.05, 4.69) is 20.4 Å². The van der Waals surface area contributed by atoms with Crippen LogP contribution in [0.1, 0.15) is 37.4 Å². The molecule has 1 fully saturated rings. The van der Waals surface area contributed by atoms with Gasteiger partial charge in [-0.3, -0.25) is 4.79 Å². The summed E-state index contributed by atoms with van der Waals surface area (Å²) in [6, 6.07) is 3.89. The van der Waals surface area contributed by atoms with Gasteiger partial charge in [0.05, 0.1) is 6.04 Å². The van der Waals surface area contributed by atoms with Crippen molar-refractivity contribution >= 4 is 5.95 Å². The Hall–Kier alpha value is -2.45. The molecule has 1 saturated carbocycles. The van der Waals surface area contributed by atoms with Gasteiger partial charge in [0, 0.05) is 24.5 Å². The van der Waals surface area contributed by atoms with E-state index in [-0.39, 0.29) is 23.6 Å². The SMILES string of the molecule is O=c1cccnn1C1CCC(Nc2nccc(C(F)(F)F)n2)CC1. The third-order valence-corrected chi connectivity index (χ3v) is 4.06. The normalized spacial score (nSPS) is 21.5. The number of alkyl halides is 3. The zero-order valence-electron chi connectivity index (χ0n) is 12.7. The van der Waals surface area contributed by atoms with E-state index in [9.17, 15) is 18.0 Å². The van der Waals surface area contributed by atoms with Gasteiger partial charge in [-0.05, 0) is 37.8 Å². The minimum atomic E-state index is -4.49. The highest BCUT2D eigenvalue weighted by Crippen LogP contribution is 2.30. The molecule has 0 aromatic carbocycles. The minimum absolute atomic E-state index is 0.0131. The first-order valence-electron chi connectivity index (χ1n) is 7.64. The molecule has 0 radical (unpaired) electrons. The quantitative estimate of drug-likeness (QED) is 0.931. The van der Waals surface area contributed by atoms with Gasteiger partial charge in [0.1, 0.15) is 5.69 Å². The maximum atomic E-state index is 12.7.